The minimum Gasteiger partial charge on any atom is -0.478 e. The van der Waals surface area contributed by atoms with Crippen molar-refractivity contribution in [1.82, 2.24) is 5.32 Å². The molecule has 0 spiro atoms. The third kappa shape index (κ3) is 3.72. The molecule has 6 heteroatoms. The van der Waals surface area contributed by atoms with Crippen molar-refractivity contribution >= 4 is 17.7 Å². The molecule has 0 aliphatic heterocycles. The number of hydrogen-bond acceptors (Lipinski definition) is 3. The summed E-state index contributed by atoms with van der Waals surface area (Å²) in [6.07, 6.45) is 2.90. The van der Waals surface area contributed by atoms with Gasteiger partial charge in [-0.1, -0.05) is 6.07 Å². The van der Waals surface area contributed by atoms with Crippen molar-refractivity contribution in [2.45, 2.75) is 38.3 Å². The summed E-state index contributed by atoms with van der Waals surface area (Å²) in [7, 11) is 1.64. The molecular weight excluding hydrogens is 272 g/mol. The monoisotopic (exact) mass is 292 g/mol. The second kappa shape index (κ2) is 6.58. The molecule has 3 N–H and O–H groups in total. The van der Waals surface area contributed by atoms with Crippen molar-refractivity contribution in [3.05, 3.63) is 29.3 Å². The molecule has 2 unspecified atom stereocenters. The number of aryl methyl sites for hydroxylation is 1. The summed E-state index contributed by atoms with van der Waals surface area (Å²) >= 11 is 0. The summed E-state index contributed by atoms with van der Waals surface area (Å²) in [6, 6.07) is 4.47. The number of amides is 2. The molecule has 2 rings (SSSR count). The lowest BCUT2D eigenvalue weighted by Crippen LogP contribution is -2.42. The van der Waals surface area contributed by atoms with Crippen molar-refractivity contribution < 1.29 is 19.4 Å². The van der Waals surface area contributed by atoms with Gasteiger partial charge in [0, 0.05) is 12.8 Å². The molecule has 2 amide bonds. The zero-order valence-electron chi connectivity index (χ0n) is 12.2. The highest BCUT2D eigenvalue weighted by Crippen LogP contribution is 2.22. The molecule has 1 fully saturated rings. The average Bonchev–Trinajstić information content (AvgIpc) is 2.87. The lowest BCUT2D eigenvalue weighted by Gasteiger charge is -2.20. The first-order valence-corrected chi connectivity index (χ1v) is 6.95. The molecule has 114 valence electrons. The van der Waals surface area contributed by atoms with Gasteiger partial charge in [0.1, 0.15) is 0 Å². The zero-order chi connectivity index (χ0) is 15.4. The molecule has 0 bridgehead atoms. The van der Waals surface area contributed by atoms with E-state index < -0.39 is 5.97 Å². The molecule has 1 saturated carbocycles. The van der Waals surface area contributed by atoms with Crippen LogP contribution in [0, 0.1) is 6.92 Å². The van der Waals surface area contributed by atoms with Gasteiger partial charge in [0.2, 0.25) is 0 Å². The van der Waals surface area contributed by atoms with Crippen LogP contribution in [0.3, 0.4) is 0 Å². The van der Waals surface area contributed by atoms with Crippen LogP contribution in [0.25, 0.3) is 0 Å². The Morgan fingerprint density at radius 1 is 1.33 bits per heavy atom. The molecule has 1 aliphatic rings. The van der Waals surface area contributed by atoms with Crippen LogP contribution in [0.4, 0.5) is 10.5 Å². The molecule has 1 aromatic rings. The zero-order valence-corrected chi connectivity index (χ0v) is 12.2. The number of urea groups is 1. The van der Waals surface area contributed by atoms with Crippen molar-refractivity contribution in [2.24, 2.45) is 0 Å². The number of methoxy groups -OCH3 is 1. The predicted molar refractivity (Wildman–Crippen MR) is 78.7 cm³/mol. The second-order valence-corrected chi connectivity index (χ2v) is 5.24. The maximum atomic E-state index is 12.0. The minimum atomic E-state index is -1.01. The molecule has 21 heavy (non-hydrogen) atoms. The van der Waals surface area contributed by atoms with Crippen LogP contribution < -0.4 is 10.6 Å². The van der Waals surface area contributed by atoms with E-state index in [0.29, 0.717) is 11.3 Å². The highest BCUT2D eigenvalue weighted by atomic mass is 16.5. The van der Waals surface area contributed by atoms with E-state index in [-0.39, 0.29) is 23.7 Å². The van der Waals surface area contributed by atoms with Crippen LogP contribution in [0.1, 0.15) is 35.2 Å². The first-order chi connectivity index (χ1) is 10.0. The maximum absolute atomic E-state index is 12.0. The lowest BCUT2D eigenvalue weighted by atomic mass is 10.1. The number of rotatable bonds is 4. The number of aromatic carboxylic acids is 1. The molecule has 2 atom stereocenters. The predicted octanol–water partition coefficient (Wildman–Crippen LogP) is 2.38. The van der Waals surface area contributed by atoms with Crippen molar-refractivity contribution in [2.75, 3.05) is 12.4 Å². The normalized spacial score (nSPS) is 21.0. The Morgan fingerprint density at radius 3 is 2.76 bits per heavy atom. The Kier molecular flexibility index (Phi) is 4.80. The SMILES string of the molecule is COC1CCCC1NC(=O)Nc1ccc(C)c(C(=O)O)c1. The molecule has 1 aromatic carbocycles. The number of anilines is 1. The van der Waals surface area contributed by atoms with E-state index in [1.165, 1.54) is 6.07 Å². The second-order valence-electron chi connectivity index (χ2n) is 5.24. The van der Waals surface area contributed by atoms with Crippen molar-refractivity contribution in [3.8, 4) is 0 Å². The van der Waals surface area contributed by atoms with Gasteiger partial charge in [-0.25, -0.2) is 9.59 Å². The van der Waals surface area contributed by atoms with Crippen molar-refractivity contribution in [1.29, 1.82) is 0 Å². The molecule has 1 aliphatic carbocycles. The van der Waals surface area contributed by atoms with Gasteiger partial charge < -0.3 is 20.5 Å². The van der Waals surface area contributed by atoms with E-state index >= 15 is 0 Å². The number of carbonyl (C=O) groups excluding carboxylic acids is 1. The fourth-order valence-electron chi connectivity index (χ4n) is 2.64. The third-order valence-corrected chi connectivity index (χ3v) is 3.80. The van der Waals surface area contributed by atoms with Crippen LogP contribution in [-0.2, 0) is 4.74 Å². The number of hydrogen-bond donors (Lipinski definition) is 3. The number of carboxylic acid groups (broad SMARTS) is 1. The standard InChI is InChI=1S/C15H20N2O4/c1-9-6-7-10(8-11(9)14(18)19)16-15(20)17-12-4-3-5-13(12)21-2/h6-8,12-13H,3-5H2,1-2H3,(H,18,19)(H2,16,17,20). The van der Waals surface area contributed by atoms with Gasteiger partial charge in [-0.3, -0.25) is 0 Å². The van der Waals surface area contributed by atoms with Crippen LogP contribution >= 0.6 is 0 Å². The van der Waals surface area contributed by atoms with Gasteiger partial charge in [0.25, 0.3) is 0 Å². The van der Waals surface area contributed by atoms with Crippen LogP contribution in [-0.4, -0.2) is 36.4 Å². The van der Waals surface area contributed by atoms with Gasteiger partial charge in [-0.15, -0.1) is 0 Å². The molecule has 0 aromatic heterocycles. The molecule has 6 nitrogen and oxygen atoms in total. The summed E-state index contributed by atoms with van der Waals surface area (Å²) in [5.41, 5.74) is 1.30. The Balaban J connectivity index is 1.99. The lowest BCUT2D eigenvalue weighted by molar-refractivity contribution is 0.0696. The largest absolute Gasteiger partial charge is 0.478 e. The van der Waals surface area contributed by atoms with Gasteiger partial charge in [-0.05, 0) is 43.9 Å². The number of nitrogens with one attached hydrogen (secondary N) is 2. The Labute approximate surface area is 123 Å². The number of benzene rings is 1. The fraction of sp³-hybridized carbons (Fsp3) is 0.467. The van der Waals surface area contributed by atoms with Gasteiger partial charge in [0.15, 0.2) is 0 Å². The highest BCUT2D eigenvalue weighted by Gasteiger charge is 2.28. The summed E-state index contributed by atoms with van der Waals surface area (Å²) in [6.45, 7) is 1.72. The van der Waals surface area contributed by atoms with E-state index in [0.717, 1.165) is 19.3 Å². The number of carboxylic acids is 1. The van der Waals surface area contributed by atoms with E-state index in [4.69, 9.17) is 9.84 Å². The summed E-state index contributed by atoms with van der Waals surface area (Å²) in [5, 5.41) is 14.6. The highest BCUT2D eigenvalue weighted by molar-refractivity contribution is 5.94. The Bertz CT molecular complexity index is 544. The van der Waals surface area contributed by atoms with Gasteiger partial charge >= 0.3 is 12.0 Å². The fourth-order valence-corrected chi connectivity index (χ4v) is 2.64. The molecule has 0 radical (unpaired) electrons. The van der Waals surface area contributed by atoms with Gasteiger partial charge in [-0.2, -0.15) is 0 Å². The molecular formula is C15H20N2O4. The maximum Gasteiger partial charge on any atom is 0.336 e. The van der Waals surface area contributed by atoms with Gasteiger partial charge in [0.05, 0.1) is 17.7 Å². The van der Waals surface area contributed by atoms with Crippen LogP contribution in [0.2, 0.25) is 0 Å². The molecule has 0 heterocycles. The summed E-state index contributed by atoms with van der Waals surface area (Å²) < 4.78 is 5.32. The number of ether oxygens (including phenoxy) is 1. The average molecular weight is 292 g/mol. The van der Waals surface area contributed by atoms with E-state index in [9.17, 15) is 9.59 Å². The summed E-state index contributed by atoms with van der Waals surface area (Å²) in [4.78, 5) is 23.0. The third-order valence-electron chi connectivity index (χ3n) is 3.80. The van der Waals surface area contributed by atoms with E-state index in [1.54, 1.807) is 26.2 Å². The quantitative estimate of drug-likeness (QED) is 0.795. The van der Waals surface area contributed by atoms with Crippen LogP contribution in [0.5, 0.6) is 0 Å². The topological polar surface area (TPSA) is 87.7 Å². The van der Waals surface area contributed by atoms with E-state index in [2.05, 4.69) is 10.6 Å². The smallest absolute Gasteiger partial charge is 0.336 e. The molecule has 0 saturated heterocycles. The van der Waals surface area contributed by atoms with Crippen molar-refractivity contribution in [3.63, 3.8) is 0 Å². The Hall–Kier alpha value is -2.08. The summed E-state index contributed by atoms with van der Waals surface area (Å²) in [5.74, 6) is -1.01. The number of carbonyl (C=O) groups is 2. The van der Waals surface area contributed by atoms with E-state index in [1.807, 2.05) is 0 Å². The minimum absolute atomic E-state index is 0.000562. The Morgan fingerprint density at radius 2 is 2.10 bits per heavy atom. The first-order valence-electron chi connectivity index (χ1n) is 6.95. The first kappa shape index (κ1) is 15.3. The van der Waals surface area contributed by atoms with Crippen LogP contribution in [0.15, 0.2) is 18.2 Å².